The minimum absolute atomic E-state index is 0.814. The summed E-state index contributed by atoms with van der Waals surface area (Å²) < 4.78 is 5.75. The standard InChI is InChI=1S/C5H17NOSi2/c1-6-9(4,5)7-8(2)3/h6,8H,1-5H3. The average molecular weight is 163 g/mol. The molecule has 0 aliphatic rings. The molecule has 2 nitrogen and oxygen atoms in total. The van der Waals surface area contributed by atoms with Gasteiger partial charge in [0, 0.05) is 0 Å². The largest absolute Gasteiger partial charge is 0.447 e. The molecule has 9 heavy (non-hydrogen) atoms. The van der Waals surface area contributed by atoms with Gasteiger partial charge in [-0.15, -0.1) is 0 Å². The Balaban J connectivity index is 3.58. The van der Waals surface area contributed by atoms with Gasteiger partial charge in [-0.25, -0.2) is 0 Å². The van der Waals surface area contributed by atoms with Gasteiger partial charge in [0.25, 0.3) is 8.48 Å². The predicted molar refractivity (Wildman–Crippen MR) is 46.5 cm³/mol. The highest BCUT2D eigenvalue weighted by molar-refractivity contribution is 6.75. The maximum absolute atomic E-state index is 5.75. The first kappa shape index (κ1) is 9.35. The van der Waals surface area contributed by atoms with Crippen molar-refractivity contribution < 1.29 is 4.12 Å². The van der Waals surface area contributed by atoms with Crippen LogP contribution in [0.5, 0.6) is 0 Å². The lowest BCUT2D eigenvalue weighted by Crippen LogP contribution is -2.48. The fourth-order valence-electron chi connectivity index (χ4n) is 0.648. The normalized spacial score (nSPS) is 12.7. The van der Waals surface area contributed by atoms with Crippen molar-refractivity contribution in [1.82, 2.24) is 4.98 Å². The molecule has 1 N–H and O–H groups in total. The van der Waals surface area contributed by atoms with Gasteiger partial charge in [-0.3, -0.25) is 0 Å². The van der Waals surface area contributed by atoms with Crippen LogP contribution in [-0.4, -0.2) is 24.6 Å². The molecule has 0 aromatic rings. The third kappa shape index (κ3) is 4.83. The van der Waals surface area contributed by atoms with Crippen molar-refractivity contribution >= 4 is 17.5 Å². The Kier molecular flexibility index (Phi) is 3.64. The van der Waals surface area contributed by atoms with Gasteiger partial charge in [-0.2, -0.15) is 0 Å². The summed E-state index contributed by atoms with van der Waals surface area (Å²) in [6.07, 6.45) is 0. The molecule has 0 fully saturated rings. The van der Waals surface area contributed by atoms with Crippen LogP contribution >= 0.6 is 0 Å². The van der Waals surface area contributed by atoms with Crippen molar-refractivity contribution in [3.8, 4) is 0 Å². The number of rotatable bonds is 3. The summed E-state index contributed by atoms with van der Waals surface area (Å²) >= 11 is 0. The molecule has 0 spiro atoms. The van der Waals surface area contributed by atoms with Crippen LogP contribution in [0, 0.1) is 0 Å². The number of nitrogens with one attached hydrogen (secondary N) is 1. The molecule has 0 unspecified atom stereocenters. The summed E-state index contributed by atoms with van der Waals surface area (Å²) in [4.78, 5) is 3.22. The Morgan fingerprint density at radius 1 is 1.33 bits per heavy atom. The minimum atomic E-state index is -1.43. The lowest BCUT2D eigenvalue weighted by Gasteiger charge is -2.24. The minimum Gasteiger partial charge on any atom is -0.447 e. The predicted octanol–water partition coefficient (Wildman–Crippen LogP) is 0.908. The van der Waals surface area contributed by atoms with Gasteiger partial charge in [-0.1, -0.05) is 0 Å². The van der Waals surface area contributed by atoms with Gasteiger partial charge >= 0.3 is 0 Å². The second-order valence-corrected chi connectivity index (χ2v) is 9.49. The molecule has 0 heterocycles. The third-order valence-electron chi connectivity index (χ3n) is 1.13. The molecule has 0 aromatic carbocycles. The second kappa shape index (κ2) is 3.50. The van der Waals surface area contributed by atoms with E-state index in [4.69, 9.17) is 4.12 Å². The Bertz CT molecular complexity index is 85.0. The first-order chi connectivity index (χ1) is 3.98. The zero-order valence-corrected chi connectivity index (χ0v) is 9.14. The van der Waals surface area contributed by atoms with Crippen molar-refractivity contribution in [2.24, 2.45) is 0 Å². The average Bonchev–Trinajstić information content (AvgIpc) is 1.63. The molecule has 0 radical (unpaired) electrons. The Morgan fingerprint density at radius 2 is 1.78 bits per heavy atom. The maximum Gasteiger partial charge on any atom is 0.251 e. The molecule has 56 valence electrons. The van der Waals surface area contributed by atoms with E-state index in [0.717, 1.165) is 0 Å². The van der Waals surface area contributed by atoms with E-state index in [0.29, 0.717) is 0 Å². The Labute approximate surface area is 60.5 Å². The molecule has 0 atom stereocenters. The molecular formula is C5H17NOSi2. The van der Waals surface area contributed by atoms with E-state index >= 15 is 0 Å². The lowest BCUT2D eigenvalue weighted by atomic mass is 11.6. The summed E-state index contributed by atoms with van der Waals surface area (Å²) in [5.41, 5.74) is 0. The van der Waals surface area contributed by atoms with Crippen LogP contribution in [0.1, 0.15) is 0 Å². The zero-order valence-electron chi connectivity index (χ0n) is 6.99. The fourth-order valence-corrected chi connectivity index (χ4v) is 5.83. The first-order valence-corrected chi connectivity index (χ1v) is 9.03. The van der Waals surface area contributed by atoms with Gasteiger partial charge in [0.2, 0.25) is 0 Å². The molecule has 0 bridgehead atoms. The van der Waals surface area contributed by atoms with Gasteiger partial charge < -0.3 is 9.10 Å². The maximum atomic E-state index is 5.75. The molecule has 0 aromatic heterocycles. The monoisotopic (exact) mass is 163 g/mol. The van der Waals surface area contributed by atoms with E-state index in [1.807, 2.05) is 7.05 Å². The first-order valence-electron chi connectivity index (χ1n) is 3.34. The van der Waals surface area contributed by atoms with Crippen LogP contribution in [0.15, 0.2) is 0 Å². The van der Waals surface area contributed by atoms with Crippen LogP contribution in [0.3, 0.4) is 0 Å². The Morgan fingerprint density at radius 3 is 1.89 bits per heavy atom. The fraction of sp³-hybridized carbons (Fsp3) is 1.00. The van der Waals surface area contributed by atoms with E-state index in [1.54, 1.807) is 0 Å². The molecule has 0 aliphatic carbocycles. The van der Waals surface area contributed by atoms with E-state index < -0.39 is 17.5 Å². The Hall–Kier alpha value is 0.354. The van der Waals surface area contributed by atoms with E-state index in [1.165, 1.54) is 0 Å². The molecule has 0 saturated carbocycles. The highest BCUT2D eigenvalue weighted by Crippen LogP contribution is 1.99. The number of hydrogen-bond donors (Lipinski definition) is 1. The van der Waals surface area contributed by atoms with Crippen LogP contribution in [0.2, 0.25) is 26.2 Å². The topological polar surface area (TPSA) is 21.3 Å². The van der Waals surface area contributed by atoms with E-state index in [2.05, 4.69) is 31.2 Å². The SMILES string of the molecule is CN[Si](C)(C)O[SiH](C)C. The van der Waals surface area contributed by atoms with Crippen molar-refractivity contribution in [2.75, 3.05) is 7.05 Å². The van der Waals surface area contributed by atoms with Gasteiger partial charge in [0.15, 0.2) is 9.04 Å². The van der Waals surface area contributed by atoms with Gasteiger partial charge in [-0.05, 0) is 33.2 Å². The second-order valence-electron chi connectivity index (χ2n) is 2.93. The highest BCUT2D eigenvalue weighted by Gasteiger charge is 2.20. The molecule has 0 amide bonds. The highest BCUT2D eigenvalue weighted by atomic mass is 28.4. The summed E-state index contributed by atoms with van der Waals surface area (Å²) in [6.45, 7) is 8.76. The molecule has 0 saturated heterocycles. The summed E-state index contributed by atoms with van der Waals surface area (Å²) in [6, 6.07) is 0. The van der Waals surface area contributed by atoms with Crippen molar-refractivity contribution in [2.45, 2.75) is 26.2 Å². The molecule has 0 rings (SSSR count). The summed E-state index contributed by atoms with van der Waals surface area (Å²) in [5, 5.41) is 0. The van der Waals surface area contributed by atoms with Crippen molar-refractivity contribution in [1.29, 1.82) is 0 Å². The smallest absolute Gasteiger partial charge is 0.251 e. The van der Waals surface area contributed by atoms with Crippen LogP contribution < -0.4 is 4.98 Å². The molecule has 4 heteroatoms. The van der Waals surface area contributed by atoms with E-state index in [-0.39, 0.29) is 0 Å². The molecular weight excluding hydrogens is 146 g/mol. The molecule has 0 aliphatic heterocycles. The lowest BCUT2D eigenvalue weighted by molar-refractivity contribution is 0.557. The van der Waals surface area contributed by atoms with Crippen LogP contribution in [0.4, 0.5) is 0 Å². The quantitative estimate of drug-likeness (QED) is 0.625. The van der Waals surface area contributed by atoms with Crippen molar-refractivity contribution in [3.63, 3.8) is 0 Å². The van der Waals surface area contributed by atoms with E-state index in [9.17, 15) is 0 Å². The summed E-state index contributed by atoms with van der Waals surface area (Å²) in [5.74, 6) is 0. The number of hydrogen-bond acceptors (Lipinski definition) is 2. The van der Waals surface area contributed by atoms with Gasteiger partial charge in [0.05, 0.1) is 0 Å². The van der Waals surface area contributed by atoms with Crippen LogP contribution in [-0.2, 0) is 4.12 Å². The zero-order chi connectivity index (χ0) is 7.49. The van der Waals surface area contributed by atoms with Gasteiger partial charge in [0.1, 0.15) is 0 Å². The summed E-state index contributed by atoms with van der Waals surface area (Å²) in [7, 11) is -0.267. The van der Waals surface area contributed by atoms with Crippen LogP contribution in [0.25, 0.3) is 0 Å². The van der Waals surface area contributed by atoms with Crippen molar-refractivity contribution in [3.05, 3.63) is 0 Å². The third-order valence-corrected chi connectivity index (χ3v) is 6.58.